The number of aromatic nitrogens is 1. The maximum Gasteiger partial charge on any atom is 0.257 e. The third-order valence-electron chi connectivity index (χ3n) is 3.70. The van der Waals surface area contributed by atoms with E-state index in [1.807, 2.05) is 12.1 Å². The molecule has 2 N–H and O–H groups in total. The van der Waals surface area contributed by atoms with Gasteiger partial charge < -0.3 is 10.6 Å². The minimum Gasteiger partial charge on any atom is -0.348 e. The number of carbonyl (C=O) groups excluding carboxylic acids is 2. The number of carbonyl (C=O) groups is 2. The number of amides is 2. The Kier molecular flexibility index (Phi) is 5.34. The predicted molar refractivity (Wildman–Crippen MR) is 96.2 cm³/mol. The van der Waals surface area contributed by atoms with Gasteiger partial charge in [0.25, 0.3) is 11.8 Å². The average molecular weight is 349 g/mol. The van der Waals surface area contributed by atoms with E-state index in [0.29, 0.717) is 23.4 Å². The Balaban J connectivity index is 1.55. The Morgan fingerprint density at radius 3 is 2.27 bits per heavy atom. The summed E-state index contributed by atoms with van der Waals surface area (Å²) >= 11 is 0. The van der Waals surface area contributed by atoms with Gasteiger partial charge in [-0.05, 0) is 54.1 Å². The largest absolute Gasteiger partial charge is 0.348 e. The fraction of sp³-hybridized carbons (Fsp3) is 0.0500. The first-order valence-electron chi connectivity index (χ1n) is 7.96. The maximum absolute atomic E-state index is 12.9. The van der Waals surface area contributed by atoms with Gasteiger partial charge in [0.05, 0.1) is 5.56 Å². The smallest absolute Gasteiger partial charge is 0.257 e. The van der Waals surface area contributed by atoms with Gasteiger partial charge in [-0.15, -0.1) is 0 Å². The third kappa shape index (κ3) is 4.51. The van der Waals surface area contributed by atoms with Crippen molar-refractivity contribution in [2.75, 3.05) is 5.32 Å². The van der Waals surface area contributed by atoms with Crippen molar-refractivity contribution in [1.29, 1.82) is 0 Å². The Bertz CT molecular complexity index is 895. The van der Waals surface area contributed by atoms with E-state index >= 15 is 0 Å². The van der Waals surface area contributed by atoms with Crippen molar-refractivity contribution < 1.29 is 14.0 Å². The highest BCUT2D eigenvalue weighted by molar-refractivity contribution is 6.04. The second-order valence-electron chi connectivity index (χ2n) is 5.58. The number of rotatable bonds is 5. The van der Waals surface area contributed by atoms with Gasteiger partial charge in [-0.2, -0.15) is 0 Å². The van der Waals surface area contributed by atoms with Crippen LogP contribution < -0.4 is 10.6 Å². The number of hydrogen-bond donors (Lipinski definition) is 2. The van der Waals surface area contributed by atoms with E-state index < -0.39 is 0 Å². The molecule has 3 rings (SSSR count). The van der Waals surface area contributed by atoms with Gasteiger partial charge in [-0.1, -0.05) is 12.1 Å². The molecule has 2 amide bonds. The molecule has 3 aromatic rings. The highest BCUT2D eigenvalue weighted by Crippen LogP contribution is 2.11. The summed E-state index contributed by atoms with van der Waals surface area (Å²) in [5.74, 6) is -0.903. The summed E-state index contributed by atoms with van der Waals surface area (Å²) in [5, 5.41) is 5.54. The van der Waals surface area contributed by atoms with Crippen LogP contribution in [0.1, 0.15) is 26.3 Å². The molecule has 0 aliphatic carbocycles. The summed E-state index contributed by atoms with van der Waals surface area (Å²) < 4.78 is 12.9. The lowest BCUT2D eigenvalue weighted by molar-refractivity contribution is 0.0950. The van der Waals surface area contributed by atoms with E-state index in [-0.39, 0.29) is 17.6 Å². The molecule has 0 aliphatic heterocycles. The van der Waals surface area contributed by atoms with Crippen LogP contribution in [0.25, 0.3) is 0 Å². The number of anilines is 1. The molecule has 6 heteroatoms. The number of nitrogens with zero attached hydrogens (tertiary/aromatic N) is 1. The molecular formula is C20H16FN3O2. The SMILES string of the molecule is O=C(NCc1ccc(NC(=O)c2cccnc2)cc1)c1ccc(F)cc1. The molecule has 0 bridgehead atoms. The topological polar surface area (TPSA) is 71.1 Å². The third-order valence-corrected chi connectivity index (χ3v) is 3.70. The van der Waals surface area contributed by atoms with E-state index in [4.69, 9.17) is 0 Å². The Labute approximate surface area is 149 Å². The molecule has 0 aliphatic rings. The predicted octanol–water partition coefficient (Wildman–Crippen LogP) is 3.40. The minimum atomic E-state index is -0.384. The summed E-state index contributed by atoms with van der Waals surface area (Å²) in [6.07, 6.45) is 3.10. The van der Waals surface area contributed by atoms with Crippen LogP contribution in [0.4, 0.5) is 10.1 Å². The number of hydrogen-bond acceptors (Lipinski definition) is 3. The monoisotopic (exact) mass is 349 g/mol. The van der Waals surface area contributed by atoms with E-state index in [9.17, 15) is 14.0 Å². The van der Waals surface area contributed by atoms with Crippen LogP contribution in [-0.4, -0.2) is 16.8 Å². The highest BCUT2D eigenvalue weighted by Gasteiger charge is 2.07. The molecule has 0 unspecified atom stereocenters. The van der Waals surface area contributed by atoms with Crippen LogP contribution in [0.15, 0.2) is 73.1 Å². The molecule has 0 fully saturated rings. The number of nitrogens with one attached hydrogen (secondary N) is 2. The summed E-state index contributed by atoms with van der Waals surface area (Å²) in [5.41, 5.74) is 2.39. The molecule has 1 heterocycles. The van der Waals surface area contributed by atoms with Gasteiger partial charge >= 0.3 is 0 Å². The van der Waals surface area contributed by atoms with Crippen LogP contribution in [0.5, 0.6) is 0 Å². The molecule has 2 aromatic carbocycles. The van der Waals surface area contributed by atoms with Crippen molar-refractivity contribution in [2.45, 2.75) is 6.54 Å². The first-order valence-corrected chi connectivity index (χ1v) is 7.96. The van der Waals surface area contributed by atoms with E-state index in [1.54, 1.807) is 30.5 Å². The second-order valence-corrected chi connectivity index (χ2v) is 5.58. The van der Waals surface area contributed by atoms with Gasteiger partial charge in [-0.25, -0.2) is 4.39 Å². The molecule has 0 atom stereocenters. The number of halogens is 1. The van der Waals surface area contributed by atoms with Crippen LogP contribution in [-0.2, 0) is 6.54 Å². The zero-order chi connectivity index (χ0) is 18.4. The summed E-state index contributed by atoms with van der Waals surface area (Å²) in [6.45, 7) is 0.326. The lowest BCUT2D eigenvalue weighted by Crippen LogP contribution is -2.22. The zero-order valence-electron chi connectivity index (χ0n) is 13.8. The number of benzene rings is 2. The van der Waals surface area contributed by atoms with Crippen molar-refractivity contribution in [2.24, 2.45) is 0 Å². The fourth-order valence-corrected chi connectivity index (χ4v) is 2.29. The van der Waals surface area contributed by atoms with Gasteiger partial charge in [0.15, 0.2) is 0 Å². The first-order chi connectivity index (χ1) is 12.6. The highest BCUT2D eigenvalue weighted by atomic mass is 19.1. The second kappa shape index (κ2) is 8.02. The van der Waals surface area contributed by atoms with E-state index in [2.05, 4.69) is 15.6 Å². The van der Waals surface area contributed by atoms with Crippen LogP contribution in [0.2, 0.25) is 0 Å². The lowest BCUT2D eigenvalue weighted by Gasteiger charge is -2.08. The van der Waals surface area contributed by atoms with Gasteiger partial charge in [0, 0.05) is 30.2 Å². The van der Waals surface area contributed by atoms with Gasteiger partial charge in [0.2, 0.25) is 0 Å². The molecule has 130 valence electrons. The number of pyridine rings is 1. The van der Waals surface area contributed by atoms with E-state index in [0.717, 1.165) is 5.56 Å². The maximum atomic E-state index is 12.9. The van der Waals surface area contributed by atoms with Crippen molar-refractivity contribution in [3.05, 3.63) is 95.6 Å². The van der Waals surface area contributed by atoms with Crippen LogP contribution in [0.3, 0.4) is 0 Å². The Hall–Kier alpha value is -3.54. The summed E-state index contributed by atoms with van der Waals surface area (Å²) in [4.78, 5) is 28.0. The molecule has 5 nitrogen and oxygen atoms in total. The quantitative estimate of drug-likeness (QED) is 0.742. The van der Waals surface area contributed by atoms with Crippen LogP contribution >= 0.6 is 0 Å². The Morgan fingerprint density at radius 1 is 0.885 bits per heavy atom. The normalized spacial score (nSPS) is 10.2. The van der Waals surface area contributed by atoms with Crippen LogP contribution in [0, 0.1) is 5.82 Å². The molecule has 26 heavy (non-hydrogen) atoms. The molecule has 0 spiro atoms. The molecule has 0 saturated heterocycles. The van der Waals surface area contributed by atoms with Crippen molar-refractivity contribution in [3.63, 3.8) is 0 Å². The van der Waals surface area contributed by atoms with Gasteiger partial charge in [-0.3, -0.25) is 14.6 Å². The van der Waals surface area contributed by atoms with E-state index in [1.165, 1.54) is 30.5 Å². The zero-order valence-corrected chi connectivity index (χ0v) is 13.8. The first kappa shape index (κ1) is 17.3. The lowest BCUT2D eigenvalue weighted by atomic mass is 10.1. The molecular weight excluding hydrogens is 333 g/mol. The molecule has 0 radical (unpaired) electrons. The van der Waals surface area contributed by atoms with Gasteiger partial charge in [0.1, 0.15) is 5.82 Å². The standard InChI is InChI=1S/C20H16FN3O2/c21-17-7-5-15(6-8-17)19(25)23-12-14-3-9-18(10-4-14)24-20(26)16-2-1-11-22-13-16/h1-11,13H,12H2,(H,23,25)(H,24,26). The summed E-state index contributed by atoms with van der Waals surface area (Å²) in [6, 6.07) is 15.9. The fourth-order valence-electron chi connectivity index (χ4n) is 2.29. The summed E-state index contributed by atoms with van der Waals surface area (Å²) in [7, 11) is 0. The minimum absolute atomic E-state index is 0.240. The average Bonchev–Trinajstić information content (AvgIpc) is 2.68. The van der Waals surface area contributed by atoms with Crippen molar-refractivity contribution >= 4 is 17.5 Å². The molecule has 1 aromatic heterocycles. The molecule has 0 saturated carbocycles. The Morgan fingerprint density at radius 2 is 1.62 bits per heavy atom. The van der Waals surface area contributed by atoms with Crippen molar-refractivity contribution in [1.82, 2.24) is 10.3 Å². The van der Waals surface area contributed by atoms with Crippen molar-refractivity contribution in [3.8, 4) is 0 Å².